The SMILES string of the molecule is N[C@@H]1CCCC[C@H]1NC(=O)c1cc(=O)c2ccccc2o1. The molecule has 1 heterocycles. The summed E-state index contributed by atoms with van der Waals surface area (Å²) in [6.07, 6.45) is 3.93. The third-order valence-electron chi connectivity index (χ3n) is 3.99. The third-order valence-corrected chi connectivity index (χ3v) is 3.99. The Bertz CT molecular complexity index is 723. The van der Waals surface area contributed by atoms with Gasteiger partial charge in [0.25, 0.3) is 5.91 Å². The Balaban J connectivity index is 1.86. The highest BCUT2D eigenvalue weighted by Crippen LogP contribution is 2.18. The largest absolute Gasteiger partial charge is 0.451 e. The van der Waals surface area contributed by atoms with Gasteiger partial charge >= 0.3 is 0 Å². The smallest absolute Gasteiger partial charge is 0.287 e. The van der Waals surface area contributed by atoms with Crippen LogP contribution in [0.5, 0.6) is 0 Å². The predicted molar refractivity (Wildman–Crippen MR) is 80.2 cm³/mol. The second-order valence-electron chi connectivity index (χ2n) is 5.50. The van der Waals surface area contributed by atoms with Gasteiger partial charge in [-0.2, -0.15) is 0 Å². The summed E-state index contributed by atoms with van der Waals surface area (Å²) in [4.78, 5) is 24.3. The monoisotopic (exact) mass is 286 g/mol. The van der Waals surface area contributed by atoms with Crippen molar-refractivity contribution < 1.29 is 9.21 Å². The van der Waals surface area contributed by atoms with Gasteiger partial charge in [0.15, 0.2) is 11.2 Å². The topological polar surface area (TPSA) is 85.3 Å². The van der Waals surface area contributed by atoms with E-state index in [2.05, 4.69) is 5.32 Å². The standard InChI is InChI=1S/C16H18N2O3/c17-11-6-2-3-7-12(11)18-16(20)15-9-13(19)10-5-1-4-8-14(10)21-15/h1,4-5,8-9,11-12H,2-3,6-7,17H2,(H,18,20)/t11-,12-/m1/s1. The molecule has 1 aliphatic rings. The summed E-state index contributed by atoms with van der Waals surface area (Å²) in [5.74, 6) is -0.336. The van der Waals surface area contributed by atoms with Gasteiger partial charge in [-0.05, 0) is 25.0 Å². The van der Waals surface area contributed by atoms with Crippen molar-refractivity contribution in [2.75, 3.05) is 0 Å². The fourth-order valence-electron chi connectivity index (χ4n) is 2.79. The van der Waals surface area contributed by atoms with Gasteiger partial charge in [0, 0.05) is 18.2 Å². The van der Waals surface area contributed by atoms with Gasteiger partial charge in [-0.15, -0.1) is 0 Å². The summed E-state index contributed by atoms with van der Waals surface area (Å²) in [6.45, 7) is 0. The van der Waals surface area contributed by atoms with E-state index in [9.17, 15) is 9.59 Å². The number of hydrogen-bond donors (Lipinski definition) is 2. The number of benzene rings is 1. The molecule has 0 spiro atoms. The molecule has 1 aromatic carbocycles. The molecule has 3 N–H and O–H groups in total. The molecule has 5 nitrogen and oxygen atoms in total. The fourth-order valence-corrected chi connectivity index (χ4v) is 2.79. The van der Waals surface area contributed by atoms with Crippen LogP contribution in [-0.4, -0.2) is 18.0 Å². The molecule has 21 heavy (non-hydrogen) atoms. The maximum Gasteiger partial charge on any atom is 0.287 e. The van der Waals surface area contributed by atoms with Crippen LogP contribution in [0.15, 0.2) is 39.5 Å². The van der Waals surface area contributed by atoms with Gasteiger partial charge in [0.05, 0.1) is 5.39 Å². The van der Waals surface area contributed by atoms with Gasteiger partial charge < -0.3 is 15.5 Å². The van der Waals surface area contributed by atoms with E-state index in [1.165, 1.54) is 6.07 Å². The molecule has 0 unspecified atom stereocenters. The molecule has 3 rings (SSSR count). The number of nitrogens with one attached hydrogen (secondary N) is 1. The molecular formula is C16H18N2O3. The number of fused-ring (bicyclic) bond motifs is 1. The highest BCUT2D eigenvalue weighted by atomic mass is 16.3. The second kappa shape index (κ2) is 5.69. The molecule has 0 aliphatic heterocycles. The summed E-state index contributed by atoms with van der Waals surface area (Å²) in [6, 6.07) is 8.05. The molecular weight excluding hydrogens is 268 g/mol. The normalized spacial score (nSPS) is 22.1. The van der Waals surface area contributed by atoms with Crippen LogP contribution >= 0.6 is 0 Å². The summed E-state index contributed by atoms with van der Waals surface area (Å²) in [7, 11) is 0. The fraction of sp³-hybridized carbons (Fsp3) is 0.375. The number of carbonyl (C=O) groups excluding carboxylic acids is 1. The predicted octanol–water partition coefficient (Wildman–Crippen LogP) is 1.79. The van der Waals surface area contributed by atoms with Crippen LogP contribution < -0.4 is 16.5 Å². The van der Waals surface area contributed by atoms with Gasteiger partial charge in [0.1, 0.15) is 5.58 Å². The molecule has 1 aliphatic carbocycles. The first kappa shape index (κ1) is 13.8. The molecule has 110 valence electrons. The number of carbonyl (C=O) groups is 1. The number of para-hydroxylation sites is 1. The highest BCUT2D eigenvalue weighted by Gasteiger charge is 2.24. The van der Waals surface area contributed by atoms with Crippen LogP contribution in [0, 0.1) is 0 Å². The van der Waals surface area contributed by atoms with Gasteiger partial charge in [-0.3, -0.25) is 9.59 Å². The lowest BCUT2D eigenvalue weighted by Gasteiger charge is -2.29. The minimum absolute atomic E-state index is 0.0325. The van der Waals surface area contributed by atoms with Gasteiger partial charge in [-0.1, -0.05) is 25.0 Å². The average molecular weight is 286 g/mol. The van der Waals surface area contributed by atoms with E-state index in [-0.39, 0.29) is 29.2 Å². The van der Waals surface area contributed by atoms with E-state index in [0.717, 1.165) is 25.7 Å². The van der Waals surface area contributed by atoms with Crippen molar-refractivity contribution in [1.82, 2.24) is 5.32 Å². The Labute approximate surface area is 122 Å². The van der Waals surface area contributed by atoms with Crippen molar-refractivity contribution in [1.29, 1.82) is 0 Å². The van der Waals surface area contributed by atoms with E-state index in [4.69, 9.17) is 10.2 Å². The van der Waals surface area contributed by atoms with Crippen molar-refractivity contribution in [2.24, 2.45) is 5.73 Å². The van der Waals surface area contributed by atoms with Gasteiger partial charge in [-0.25, -0.2) is 0 Å². The first-order valence-corrected chi connectivity index (χ1v) is 7.24. The molecule has 1 saturated carbocycles. The van der Waals surface area contributed by atoms with E-state index < -0.39 is 0 Å². The van der Waals surface area contributed by atoms with E-state index in [1.807, 2.05) is 0 Å². The number of amides is 1. The minimum atomic E-state index is -0.375. The van der Waals surface area contributed by atoms with Crippen molar-refractivity contribution in [2.45, 2.75) is 37.8 Å². The maximum absolute atomic E-state index is 12.3. The molecule has 2 atom stereocenters. The Hall–Kier alpha value is -2.14. The zero-order valence-corrected chi connectivity index (χ0v) is 11.7. The Kier molecular flexibility index (Phi) is 3.75. The zero-order valence-electron chi connectivity index (χ0n) is 11.7. The van der Waals surface area contributed by atoms with Crippen LogP contribution in [0.25, 0.3) is 11.0 Å². The van der Waals surface area contributed by atoms with E-state index >= 15 is 0 Å². The van der Waals surface area contributed by atoms with E-state index in [0.29, 0.717) is 11.0 Å². The van der Waals surface area contributed by atoms with Crippen LogP contribution in [0.2, 0.25) is 0 Å². The number of nitrogens with two attached hydrogens (primary N) is 1. The molecule has 1 aromatic heterocycles. The second-order valence-corrected chi connectivity index (χ2v) is 5.50. The van der Waals surface area contributed by atoms with E-state index in [1.54, 1.807) is 24.3 Å². The Morgan fingerprint density at radius 3 is 2.81 bits per heavy atom. The quantitative estimate of drug-likeness (QED) is 0.881. The number of hydrogen-bond acceptors (Lipinski definition) is 4. The molecule has 1 amide bonds. The first-order chi connectivity index (χ1) is 10.1. The van der Waals surface area contributed by atoms with Crippen LogP contribution in [-0.2, 0) is 0 Å². The lowest BCUT2D eigenvalue weighted by Crippen LogP contribution is -2.49. The Morgan fingerprint density at radius 2 is 2.00 bits per heavy atom. The summed E-state index contributed by atoms with van der Waals surface area (Å²) in [5, 5.41) is 3.36. The molecule has 5 heteroatoms. The van der Waals surface area contributed by atoms with Crippen molar-refractivity contribution >= 4 is 16.9 Å². The van der Waals surface area contributed by atoms with Crippen molar-refractivity contribution in [3.63, 3.8) is 0 Å². The average Bonchev–Trinajstić information content (AvgIpc) is 2.49. The molecule has 0 bridgehead atoms. The maximum atomic E-state index is 12.3. The number of rotatable bonds is 2. The van der Waals surface area contributed by atoms with Crippen LogP contribution in [0.1, 0.15) is 36.2 Å². The highest BCUT2D eigenvalue weighted by molar-refractivity contribution is 5.93. The molecule has 0 saturated heterocycles. The summed E-state index contributed by atoms with van der Waals surface area (Å²) < 4.78 is 5.53. The van der Waals surface area contributed by atoms with Crippen LogP contribution in [0.4, 0.5) is 0 Å². The van der Waals surface area contributed by atoms with Crippen molar-refractivity contribution in [3.8, 4) is 0 Å². The lowest BCUT2D eigenvalue weighted by molar-refractivity contribution is 0.0893. The molecule has 1 fully saturated rings. The summed E-state index contributed by atoms with van der Waals surface area (Å²) >= 11 is 0. The summed E-state index contributed by atoms with van der Waals surface area (Å²) in [5.41, 5.74) is 6.23. The first-order valence-electron chi connectivity index (χ1n) is 7.24. The Morgan fingerprint density at radius 1 is 1.24 bits per heavy atom. The molecule has 2 aromatic rings. The third kappa shape index (κ3) is 2.83. The molecule has 0 radical (unpaired) electrons. The van der Waals surface area contributed by atoms with Crippen molar-refractivity contribution in [3.05, 3.63) is 46.3 Å². The minimum Gasteiger partial charge on any atom is -0.451 e. The van der Waals surface area contributed by atoms with Gasteiger partial charge in [0.2, 0.25) is 0 Å². The lowest BCUT2D eigenvalue weighted by atomic mass is 9.91. The van der Waals surface area contributed by atoms with Crippen LogP contribution in [0.3, 0.4) is 0 Å². The zero-order chi connectivity index (χ0) is 14.8.